The van der Waals surface area contributed by atoms with Crippen LogP contribution in [0.5, 0.6) is 0 Å². The van der Waals surface area contributed by atoms with E-state index in [2.05, 4.69) is 26.9 Å². The summed E-state index contributed by atoms with van der Waals surface area (Å²) in [6.45, 7) is 2.25. The molecule has 17 heavy (non-hydrogen) atoms. The first-order valence-corrected chi connectivity index (χ1v) is 6.54. The average Bonchev–Trinajstić information content (AvgIpc) is 2.76. The van der Waals surface area contributed by atoms with Crippen LogP contribution in [0.4, 0.5) is 0 Å². The van der Waals surface area contributed by atoms with Crippen LogP contribution < -0.4 is 0 Å². The van der Waals surface area contributed by atoms with Crippen LogP contribution >= 0.6 is 0 Å². The molecule has 0 aliphatic rings. The number of imidazole rings is 1. The van der Waals surface area contributed by atoms with Crippen LogP contribution in [0.15, 0.2) is 12.5 Å². The van der Waals surface area contributed by atoms with Crippen molar-refractivity contribution in [3.63, 3.8) is 0 Å². The minimum Gasteiger partial charge on any atom is -0.339 e. The van der Waals surface area contributed by atoms with Gasteiger partial charge in [-0.3, -0.25) is 0 Å². The fourth-order valence-corrected chi connectivity index (χ4v) is 2.00. The molecule has 2 aromatic rings. The van der Waals surface area contributed by atoms with Crippen molar-refractivity contribution in [3.05, 3.63) is 18.3 Å². The SMILES string of the molecule is CCCCCCCCc1nc2ncncc2[nH]1. The summed E-state index contributed by atoms with van der Waals surface area (Å²) < 4.78 is 0. The Morgan fingerprint density at radius 3 is 2.76 bits per heavy atom. The van der Waals surface area contributed by atoms with Crippen molar-refractivity contribution in [2.24, 2.45) is 0 Å². The summed E-state index contributed by atoms with van der Waals surface area (Å²) in [7, 11) is 0. The molecule has 0 aliphatic carbocycles. The van der Waals surface area contributed by atoms with E-state index in [0.717, 1.165) is 23.4 Å². The van der Waals surface area contributed by atoms with Crippen LogP contribution in [-0.4, -0.2) is 19.9 Å². The summed E-state index contributed by atoms with van der Waals surface area (Å²) in [5, 5.41) is 0. The van der Waals surface area contributed by atoms with Crippen LogP contribution in [-0.2, 0) is 6.42 Å². The van der Waals surface area contributed by atoms with Gasteiger partial charge in [0.2, 0.25) is 0 Å². The molecule has 0 saturated carbocycles. The maximum absolute atomic E-state index is 4.44. The predicted octanol–water partition coefficient (Wildman–Crippen LogP) is 3.26. The number of aromatic nitrogens is 4. The maximum atomic E-state index is 4.44. The number of aromatic amines is 1. The first-order valence-electron chi connectivity index (χ1n) is 6.54. The van der Waals surface area contributed by atoms with Gasteiger partial charge in [0.25, 0.3) is 0 Å². The highest BCUT2D eigenvalue weighted by molar-refractivity contribution is 5.68. The molecule has 0 saturated heterocycles. The Morgan fingerprint density at radius 1 is 1.12 bits per heavy atom. The number of nitrogens with zero attached hydrogens (tertiary/aromatic N) is 3. The van der Waals surface area contributed by atoms with Crippen LogP contribution in [0.25, 0.3) is 11.2 Å². The highest BCUT2D eigenvalue weighted by Gasteiger charge is 2.02. The van der Waals surface area contributed by atoms with E-state index in [1.807, 2.05) is 0 Å². The van der Waals surface area contributed by atoms with Gasteiger partial charge in [-0.1, -0.05) is 39.0 Å². The quantitative estimate of drug-likeness (QED) is 0.745. The van der Waals surface area contributed by atoms with Gasteiger partial charge < -0.3 is 4.98 Å². The highest BCUT2D eigenvalue weighted by Crippen LogP contribution is 2.10. The van der Waals surface area contributed by atoms with Crippen molar-refractivity contribution in [2.75, 3.05) is 0 Å². The summed E-state index contributed by atoms with van der Waals surface area (Å²) in [4.78, 5) is 15.8. The van der Waals surface area contributed by atoms with Gasteiger partial charge in [-0.25, -0.2) is 15.0 Å². The summed E-state index contributed by atoms with van der Waals surface area (Å²) >= 11 is 0. The van der Waals surface area contributed by atoms with Crippen molar-refractivity contribution in [1.82, 2.24) is 19.9 Å². The van der Waals surface area contributed by atoms with E-state index in [0.29, 0.717) is 0 Å². The molecule has 0 bridgehead atoms. The minimum atomic E-state index is 0.779. The molecule has 0 unspecified atom stereocenters. The molecular weight excluding hydrogens is 212 g/mol. The van der Waals surface area contributed by atoms with Crippen molar-refractivity contribution in [2.45, 2.75) is 51.9 Å². The molecule has 4 heteroatoms. The van der Waals surface area contributed by atoms with Gasteiger partial charge in [-0.15, -0.1) is 0 Å². The van der Waals surface area contributed by atoms with Crippen LogP contribution in [0.2, 0.25) is 0 Å². The van der Waals surface area contributed by atoms with Gasteiger partial charge in [-0.2, -0.15) is 0 Å². The highest BCUT2D eigenvalue weighted by atomic mass is 15.0. The molecule has 0 amide bonds. The standard InChI is InChI=1S/C13H20N4/c1-2-3-4-5-6-7-8-12-16-11-9-14-10-15-13(11)17-12/h9-10H,2-8H2,1H3,(H,14,15,16,17). The number of rotatable bonds is 7. The van der Waals surface area contributed by atoms with E-state index in [1.54, 1.807) is 6.20 Å². The summed E-state index contributed by atoms with van der Waals surface area (Å²) in [6, 6.07) is 0. The first-order chi connectivity index (χ1) is 8.40. The lowest BCUT2D eigenvalue weighted by atomic mass is 10.1. The number of H-pyrrole nitrogens is 1. The second kappa shape index (κ2) is 6.33. The lowest BCUT2D eigenvalue weighted by Crippen LogP contribution is -1.88. The number of unbranched alkanes of at least 4 members (excludes halogenated alkanes) is 5. The third-order valence-electron chi connectivity index (χ3n) is 2.98. The van der Waals surface area contributed by atoms with Crippen LogP contribution in [0.3, 0.4) is 0 Å². The van der Waals surface area contributed by atoms with Gasteiger partial charge in [-0.05, 0) is 6.42 Å². The Hall–Kier alpha value is -1.45. The lowest BCUT2D eigenvalue weighted by Gasteiger charge is -1.98. The second-order valence-corrected chi connectivity index (χ2v) is 4.46. The molecule has 2 aromatic heterocycles. The van der Waals surface area contributed by atoms with Gasteiger partial charge >= 0.3 is 0 Å². The molecule has 0 aliphatic heterocycles. The Bertz CT molecular complexity index is 416. The molecule has 0 spiro atoms. The van der Waals surface area contributed by atoms with Gasteiger partial charge in [0, 0.05) is 6.42 Å². The van der Waals surface area contributed by atoms with E-state index in [9.17, 15) is 0 Å². The van der Waals surface area contributed by atoms with Crippen molar-refractivity contribution in [3.8, 4) is 0 Å². The van der Waals surface area contributed by atoms with E-state index in [4.69, 9.17) is 0 Å². The Balaban J connectivity index is 1.75. The summed E-state index contributed by atoms with van der Waals surface area (Å²) in [6.07, 6.45) is 12.2. The molecule has 2 heterocycles. The maximum Gasteiger partial charge on any atom is 0.180 e. The number of fused-ring (bicyclic) bond motifs is 1. The van der Waals surface area contributed by atoms with Gasteiger partial charge in [0.1, 0.15) is 17.7 Å². The number of hydrogen-bond donors (Lipinski definition) is 1. The first kappa shape index (κ1) is 12.0. The van der Waals surface area contributed by atoms with Crippen molar-refractivity contribution in [1.29, 1.82) is 0 Å². The summed E-state index contributed by atoms with van der Waals surface area (Å²) in [5.74, 6) is 1.04. The average molecular weight is 232 g/mol. The molecule has 0 fully saturated rings. The van der Waals surface area contributed by atoms with E-state index < -0.39 is 0 Å². The number of hydrogen-bond acceptors (Lipinski definition) is 3. The zero-order chi connectivity index (χ0) is 11.9. The van der Waals surface area contributed by atoms with E-state index >= 15 is 0 Å². The molecule has 1 N–H and O–H groups in total. The lowest BCUT2D eigenvalue weighted by molar-refractivity contribution is 0.602. The molecule has 0 atom stereocenters. The zero-order valence-electron chi connectivity index (χ0n) is 10.4. The number of aryl methyl sites for hydroxylation is 1. The fourth-order valence-electron chi connectivity index (χ4n) is 2.00. The normalized spacial score (nSPS) is 11.1. The smallest absolute Gasteiger partial charge is 0.180 e. The molecule has 0 aromatic carbocycles. The third-order valence-corrected chi connectivity index (χ3v) is 2.98. The van der Waals surface area contributed by atoms with Crippen LogP contribution in [0, 0.1) is 0 Å². The number of nitrogens with one attached hydrogen (secondary N) is 1. The van der Waals surface area contributed by atoms with E-state index in [-0.39, 0.29) is 0 Å². The molecule has 92 valence electrons. The monoisotopic (exact) mass is 232 g/mol. The predicted molar refractivity (Wildman–Crippen MR) is 68.8 cm³/mol. The fraction of sp³-hybridized carbons (Fsp3) is 0.615. The zero-order valence-corrected chi connectivity index (χ0v) is 10.4. The van der Waals surface area contributed by atoms with Gasteiger partial charge in [0.05, 0.1) is 6.20 Å². The second-order valence-electron chi connectivity index (χ2n) is 4.46. The molecule has 2 rings (SSSR count). The molecular formula is C13H20N4. The molecule has 4 nitrogen and oxygen atoms in total. The molecule has 0 radical (unpaired) electrons. The Morgan fingerprint density at radius 2 is 1.94 bits per heavy atom. The topological polar surface area (TPSA) is 54.5 Å². The van der Waals surface area contributed by atoms with Crippen molar-refractivity contribution >= 4 is 11.2 Å². The van der Waals surface area contributed by atoms with Crippen molar-refractivity contribution < 1.29 is 0 Å². The van der Waals surface area contributed by atoms with Gasteiger partial charge in [0.15, 0.2) is 5.65 Å². The third kappa shape index (κ3) is 3.51. The Kier molecular flexibility index (Phi) is 4.47. The minimum absolute atomic E-state index is 0.779. The Labute approximate surface area is 102 Å². The summed E-state index contributed by atoms with van der Waals surface area (Å²) in [5.41, 5.74) is 1.72. The van der Waals surface area contributed by atoms with Crippen LogP contribution in [0.1, 0.15) is 51.3 Å². The largest absolute Gasteiger partial charge is 0.339 e. The van der Waals surface area contributed by atoms with E-state index in [1.165, 1.54) is 44.9 Å².